The molecular weight excluding hydrogens is 302 g/mol. The third-order valence-corrected chi connectivity index (χ3v) is 5.32. The van der Waals surface area contributed by atoms with Crippen LogP contribution in [0.5, 0.6) is 5.75 Å². The summed E-state index contributed by atoms with van der Waals surface area (Å²) in [5.41, 5.74) is 8.07. The molecule has 0 spiro atoms. The molecule has 21 heavy (non-hydrogen) atoms. The van der Waals surface area contributed by atoms with Gasteiger partial charge in [-0.15, -0.1) is 11.8 Å². The van der Waals surface area contributed by atoms with Gasteiger partial charge in [0.25, 0.3) is 0 Å². The Morgan fingerprint density at radius 2 is 2.05 bits per heavy atom. The second-order valence-electron chi connectivity index (χ2n) is 5.11. The van der Waals surface area contributed by atoms with Gasteiger partial charge in [0.05, 0.1) is 6.61 Å². The van der Waals surface area contributed by atoms with E-state index in [0.717, 1.165) is 28.5 Å². The lowest BCUT2D eigenvalue weighted by Gasteiger charge is -2.16. The fourth-order valence-electron chi connectivity index (χ4n) is 2.62. The van der Waals surface area contributed by atoms with E-state index in [1.54, 1.807) is 0 Å². The van der Waals surface area contributed by atoms with Crippen LogP contribution >= 0.6 is 23.4 Å². The lowest BCUT2D eigenvalue weighted by atomic mass is 10.0. The summed E-state index contributed by atoms with van der Waals surface area (Å²) in [5, 5.41) is 0.735. The largest absolute Gasteiger partial charge is 0.493 e. The van der Waals surface area contributed by atoms with Crippen molar-refractivity contribution in [1.82, 2.24) is 0 Å². The van der Waals surface area contributed by atoms with Crippen molar-refractivity contribution < 1.29 is 4.74 Å². The first-order chi connectivity index (χ1) is 10.3. The number of thioether (sulfide) groups is 1. The molecule has 1 atom stereocenters. The minimum absolute atomic E-state index is 0.441. The summed E-state index contributed by atoms with van der Waals surface area (Å²) in [6.07, 6.45) is 0.741. The molecule has 0 saturated carbocycles. The smallest absolute Gasteiger partial charge is 0.124 e. The molecule has 3 rings (SSSR count). The van der Waals surface area contributed by atoms with Gasteiger partial charge >= 0.3 is 0 Å². The summed E-state index contributed by atoms with van der Waals surface area (Å²) in [6.45, 7) is 1.25. The van der Waals surface area contributed by atoms with E-state index >= 15 is 0 Å². The van der Waals surface area contributed by atoms with Gasteiger partial charge in [0.15, 0.2) is 0 Å². The van der Waals surface area contributed by atoms with Gasteiger partial charge in [-0.1, -0.05) is 35.9 Å². The van der Waals surface area contributed by atoms with Crippen LogP contribution in [0.25, 0.3) is 0 Å². The van der Waals surface area contributed by atoms with Gasteiger partial charge in [0, 0.05) is 27.2 Å². The first-order valence-electron chi connectivity index (χ1n) is 7.11. The van der Waals surface area contributed by atoms with E-state index in [4.69, 9.17) is 22.1 Å². The van der Waals surface area contributed by atoms with Crippen LogP contribution in [-0.2, 0) is 6.42 Å². The van der Waals surface area contributed by atoms with Crippen LogP contribution < -0.4 is 10.5 Å². The molecule has 2 aromatic carbocycles. The Balaban J connectivity index is 1.73. The number of hydrogen-bond donors (Lipinski definition) is 1. The Morgan fingerprint density at radius 1 is 1.19 bits per heavy atom. The Bertz CT molecular complexity index is 632. The summed E-state index contributed by atoms with van der Waals surface area (Å²) >= 11 is 8.15. The maximum atomic E-state index is 6.24. The maximum absolute atomic E-state index is 6.24. The number of ether oxygens (including phenoxy) is 1. The maximum Gasteiger partial charge on any atom is 0.124 e. The second-order valence-corrected chi connectivity index (χ2v) is 6.58. The zero-order chi connectivity index (χ0) is 14.7. The molecule has 110 valence electrons. The molecule has 1 unspecified atom stereocenters. The number of halogens is 1. The van der Waals surface area contributed by atoms with Crippen molar-refractivity contribution in [2.75, 3.05) is 18.9 Å². The van der Waals surface area contributed by atoms with Crippen molar-refractivity contribution >= 4 is 23.4 Å². The molecule has 4 heteroatoms. The fraction of sp³-hybridized carbons (Fsp3) is 0.294. The molecule has 2 aromatic rings. The zero-order valence-corrected chi connectivity index (χ0v) is 13.3. The van der Waals surface area contributed by atoms with Crippen molar-refractivity contribution in [2.45, 2.75) is 17.2 Å². The van der Waals surface area contributed by atoms with Crippen LogP contribution in [0.15, 0.2) is 47.4 Å². The molecule has 0 amide bonds. The Labute approximate surface area is 134 Å². The average Bonchev–Trinajstić information content (AvgIpc) is 2.91. The van der Waals surface area contributed by atoms with E-state index < -0.39 is 0 Å². The number of rotatable bonds is 5. The SMILES string of the molecule is NCCc1c(Cl)cccc1OCC1CSc2ccccc21. The molecule has 2 N–H and O–H groups in total. The first-order valence-corrected chi connectivity index (χ1v) is 8.48. The molecule has 0 fully saturated rings. The fourth-order valence-corrected chi connectivity index (χ4v) is 4.11. The van der Waals surface area contributed by atoms with Crippen LogP contribution in [0.4, 0.5) is 0 Å². The normalized spacial score (nSPS) is 16.8. The minimum Gasteiger partial charge on any atom is -0.493 e. The highest BCUT2D eigenvalue weighted by molar-refractivity contribution is 7.99. The van der Waals surface area contributed by atoms with Crippen molar-refractivity contribution in [1.29, 1.82) is 0 Å². The molecule has 1 heterocycles. The van der Waals surface area contributed by atoms with Crippen LogP contribution in [-0.4, -0.2) is 18.9 Å². The molecule has 0 saturated heterocycles. The van der Waals surface area contributed by atoms with Gasteiger partial charge in [-0.05, 0) is 36.7 Å². The van der Waals surface area contributed by atoms with Gasteiger partial charge < -0.3 is 10.5 Å². The monoisotopic (exact) mass is 319 g/mol. The molecule has 1 aliphatic rings. The highest BCUT2D eigenvalue weighted by Crippen LogP contribution is 2.39. The quantitative estimate of drug-likeness (QED) is 0.900. The summed E-state index contributed by atoms with van der Waals surface area (Å²) < 4.78 is 6.06. The van der Waals surface area contributed by atoms with Crippen molar-refractivity contribution in [3.63, 3.8) is 0 Å². The molecule has 0 bridgehead atoms. The third kappa shape index (κ3) is 3.20. The average molecular weight is 320 g/mol. The number of fused-ring (bicyclic) bond motifs is 1. The van der Waals surface area contributed by atoms with Crippen LogP contribution in [0, 0.1) is 0 Å². The molecular formula is C17H18ClNOS. The van der Waals surface area contributed by atoms with E-state index in [-0.39, 0.29) is 0 Å². The second kappa shape index (κ2) is 6.73. The van der Waals surface area contributed by atoms with Crippen molar-refractivity contribution in [3.05, 3.63) is 58.6 Å². The first kappa shape index (κ1) is 14.8. The standard InChI is InChI=1S/C17H18ClNOS/c18-15-5-3-6-16(14(15)8-9-19)20-10-12-11-21-17-7-2-1-4-13(12)17/h1-7,12H,8-11,19H2. The number of benzene rings is 2. The summed E-state index contributed by atoms with van der Waals surface area (Å²) in [5.74, 6) is 2.38. The van der Waals surface area contributed by atoms with E-state index in [9.17, 15) is 0 Å². The van der Waals surface area contributed by atoms with Crippen molar-refractivity contribution in [2.24, 2.45) is 5.73 Å². The van der Waals surface area contributed by atoms with Crippen LogP contribution in [0.3, 0.4) is 0 Å². The van der Waals surface area contributed by atoms with E-state index in [2.05, 4.69) is 24.3 Å². The lowest BCUT2D eigenvalue weighted by Crippen LogP contribution is -2.12. The molecule has 2 nitrogen and oxygen atoms in total. The van der Waals surface area contributed by atoms with Crippen molar-refractivity contribution in [3.8, 4) is 5.75 Å². The summed E-state index contributed by atoms with van der Waals surface area (Å²) in [6, 6.07) is 14.4. The van der Waals surface area contributed by atoms with E-state index in [0.29, 0.717) is 19.1 Å². The predicted molar refractivity (Wildman–Crippen MR) is 89.6 cm³/mol. The lowest BCUT2D eigenvalue weighted by molar-refractivity contribution is 0.295. The number of hydrogen-bond acceptors (Lipinski definition) is 3. The zero-order valence-electron chi connectivity index (χ0n) is 11.7. The highest BCUT2D eigenvalue weighted by atomic mass is 35.5. The third-order valence-electron chi connectivity index (χ3n) is 3.71. The van der Waals surface area contributed by atoms with Gasteiger partial charge in [0.2, 0.25) is 0 Å². The van der Waals surface area contributed by atoms with Gasteiger partial charge in [-0.2, -0.15) is 0 Å². The Kier molecular flexibility index (Phi) is 4.73. The molecule has 1 aliphatic heterocycles. The predicted octanol–water partition coefficient (Wildman–Crippen LogP) is 4.11. The number of nitrogens with two attached hydrogens (primary N) is 1. The van der Waals surface area contributed by atoms with E-state index in [1.165, 1.54) is 10.5 Å². The van der Waals surface area contributed by atoms with E-state index in [1.807, 2.05) is 30.0 Å². The topological polar surface area (TPSA) is 35.2 Å². The Morgan fingerprint density at radius 3 is 2.90 bits per heavy atom. The van der Waals surface area contributed by atoms with Crippen LogP contribution in [0.2, 0.25) is 5.02 Å². The molecule has 0 radical (unpaired) electrons. The van der Waals surface area contributed by atoms with Gasteiger partial charge in [-0.3, -0.25) is 0 Å². The highest BCUT2D eigenvalue weighted by Gasteiger charge is 2.23. The minimum atomic E-state index is 0.441. The van der Waals surface area contributed by atoms with Crippen LogP contribution in [0.1, 0.15) is 17.0 Å². The summed E-state index contributed by atoms with van der Waals surface area (Å²) in [4.78, 5) is 1.37. The summed E-state index contributed by atoms with van der Waals surface area (Å²) in [7, 11) is 0. The molecule has 0 aromatic heterocycles. The van der Waals surface area contributed by atoms with Gasteiger partial charge in [-0.25, -0.2) is 0 Å². The molecule has 0 aliphatic carbocycles. The van der Waals surface area contributed by atoms with Gasteiger partial charge in [0.1, 0.15) is 5.75 Å². The Hall–Kier alpha value is -1.16.